The molecule has 0 spiro atoms. The molecular weight excluding hydrogens is 384 g/mol. The SMILES string of the molecule is Cn1c(=O)c2c(nc(C(c3ccccc3)N3CCN(CCO)CC3)n2C)n(C)c1=O. The fourth-order valence-electron chi connectivity index (χ4n) is 4.32. The van der Waals surface area contributed by atoms with Crippen molar-refractivity contribution in [1.82, 2.24) is 28.5 Å². The fourth-order valence-corrected chi connectivity index (χ4v) is 4.32. The summed E-state index contributed by atoms with van der Waals surface area (Å²) in [5, 5.41) is 9.24. The number of hydrogen-bond acceptors (Lipinski definition) is 6. The van der Waals surface area contributed by atoms with E-state index in [1.807, 2.05) is 29.8 Å². The van der Waals surface area contributed by atoms with Crippen molar-refractivity contribution >= 4 is 11.2 Å². The van der Waals surface area contributed by atoms with Gasteiger partial charge in [-0.3, -0.25) is 23.7 Å². The van der Waals surface area contributed by atoms with Gasteiger partial charge >= 0.3 is 5.69 Å². The van der Waals surface area contributed by atoms with Crippen molar-refractivity contribution in [2.75, 3.05) is 39.3 Å². The van der Waals surface area contributed by atoms with Crippen LogP contribution in [-0.4, -0.2) is 72.9 Å². The quantitative estimate of drug-likeness (QED) is 0.618. The lowest BCUT2D eigenvalue weighted by Gasteiger charge is -2.39. The number of β-amino-alcohol motifs (C(OH)–C–C–N with tert-alkyl or cyclic N) is 1. The van der Waals surface area contributed by atoms with E-state index in [0.29, 0.717) is 17.7 Å². The predicted octanol–water partition coefficient (Wildman–Crippen LogP) is -0.330. The Kier molecular flexibility index (Phi) is 5.59. The number of aromatic nitrogens is 4. The second-order valence-electron chi connectivity index (χ2n) is 7.82. The molecule has 160 valence electrons. The third-order valence-electron chi connectivity index (χ3n) is 6.06. The van der Waals surface area contributed by atoms with Gasteiger partial charge in [0.05, 0.1) is 12.6 Å². The van der Waals surface area contributed by atoms with E-state index in [9.17, 15) is 14.7 Å². The van der Waals surface area contributed by atoms with Crippen LogP contribution in [0.1, 0.15) is 17.4 Å². The van der Waals surface area contributed by atoms with E-state index in [4.69, 9.17) is 4.98 Å². The number of hydrogen-bond donors (Lipinski definition) is 1. The molecule has 3 heterocycles. The van der Waals surface area contributed by atoms with Crippen molar-refractivity contribution in [2.45, 2.75) is 6.04 Å². The van der Waals surface area contributed by atoms with Gasteiger partial charge in [-0.2, -0.15) is 0 Å². The van der Waals surface area contributed by atoms with Crippen LogP contribution in [-0.2, 0) is 21.1 Å². The molecule has 0 radical (unpaired) electrons. The van der Waals surface area contributed by atoms with Crippen LogP contribution in [0.4, 0.5) is 0 Å². The van der Waals surface area contributed by atoms with Gasteiger partial charge in [0, 0.05) is 53.9 Å². The van der Waals surface area contributed by atoms with Gasteiger partial charge in [0.1, 0.15) is 5.82 Å². The largest absolute Gasteiger partial charge is 0.395 e. The number of nitrogens with zero attached hydrogens (tertiary/aromatic N) is 6. The number of aliphatic hydroxyl groups excluding tert-OH is 1. The molecule has 9 heteroatoms. The van der Waals surface area contributed by atoms with E-state index in [1.165, 1.54) is 11.6 Å². The van der Waals surface area contributed by atoms with E-state index in [0.717, 1.165) is 42.1 Å². The summed E-state index contributed by atoms with van der Waals surface area (Å²) in [6.45, 7) is 4.18. The van der Waals surface area contributed by atoms with E-state index in [1.54, 1.807) is 7.05 Å². The summed E-state index contributed by atoms with van der Waals surface area (Å²) in [6.07, 6.45) is 0. The minimum absolute atomic E-state index is 0.139. The van der Waals surface area contributed by atoms with Crippen LogP contribution >= 0.6 is 0 Å². The van der Waals surface area contributed by atoms with Crippen molar-refractivity contribution < 1.29 is 5.11 Å². The van der Waals surface area contributed by atoms with Gasteiger partial charge in [-0.15, -0.1) is 0 Å². The Morgan fingerprint density at radius 3 is 2.27 bits per heavy atom. The Hall–Kier alpha value is -2.75. The molecule has 0 amide bonds. The van der Waals surface area contributed by atoms with Gasteiger partial charge in [0.25, 0.3) is 5.56 Å². The lowest BCUT2D eigenvalue weighted by Crippen LogP contribution is -2.48. The van der Waals surface area contributed by atoms with Gasteiger partial charge < -0.3 is 9.67 Å². The Labute approximate surface area is 174 Å². The van der Waals surface area contributed by atoms with Crippen LogP contribution in [0.15, 0.2) is 39.9 Å². The molecule has 1 saturated heterocycles. The van der Waals surface area contributed by atoms with Crippen molar-refractivity contribution in [3.05, 3.63) is 62.6 Å². The number of fused-ring (bicyclic) bond motifs is 1. The lowest BCUT2D eigenvalue weighted by molar-refractivity contribution is 0.0915. The third kappa shape index (κ3) is 3.38. The molecule has 1 aromatic carbocycles. The highest BCUT2D eigenvalue weighted by molar-refractivity contribution is 5.71. The summed E-state index contributed by atoms with van der Waals surface area (Å²) in [5.74, 6) is 0.741. The van der Waals surface area contributed by atoms with Gasteiger partial charge in [-0.1, -0.05) is 30.3 Å². The van der Waals surface area contributed by atoms with Crippen molar-refractivity contribution in [2.24, 2.45) is 21.1 Å². The highest BCUT2D eigenvalue weighted by Crippen LogP contribution is 2.30. The molecule has 2 aromatic heterocycles. The molecule has 1 atom stereocenters. The van der Waals surface area contributed by atoms with E-state index < -0.39 is 0 Å². The van der Waals surface area contributed by atoms with Crippen LogP contribution < -0.4 is 11.2 Å². The zero-order valence-electron chi connectivity index (χ0n) is 17.7. The second-order valence-corrected chi connectivity index (χ2v) is 7.82. The molecule has 1 unspecified atom stereocenters. The van der Waals surface area contributed by atoms with Crippen LogP contribution in [0, 0.1) is 0 Å². The van der Waals surface area contributed by atoms with Crippen LogP contribution in [0.2, 0.25) is 0 Å². The molecule has 0 aliphatic carbocycles. The van der Waals surface area contributed by atoms with Crippen LogP contribution in [0.25, 0.3) is 11.2 Å². The Bertz CT molecular complexity index is 1160. The minimum atomic E-state index is -0.383. The average Bonchev–Trinajstić information content (AvgIpc) is 3.10. The molecule has 30 heavy (non-hydrogen) atoms. The zero-order valence-corrected chi connectivity index (χ0v) is 17.7. The van der Waals surface area contributed by atoms with Crippen molar-refractivity contribution in [1.29, 1.82) is 0 Å². The van der Waals surface area contributed by atoms with Crippen LogP contribution in [0.3, 0.4) is 0 Å². The van der Waals surface area contributed by atoms with E-state index >= 15 is 0 Å². The average molecular weight is 412 g/mol. The first-order valence-corrected chi connectivity index (χ1v) is 10.2. The molecule has 0 bridgehead atoms. The van der Waals surface area contributed by atoms with Gasteiger partial charge in [0.15, 0.2) is 11.2 Å². The number of aryl methyl sites for hydroxylation is 2. The summed E-state index contributed by atoms with van der Waals surface area (Å²) < 4.78 is 4.38. The van der Waals surface area contributed by atoms with Gasteiger partial charge in [-0.05, 0) is 5.56 Å². The molecule has 1 aliphatic rings. The molecule has 1 aliphatic heterocycles. The zero-order chi connectivity index (χ0) is 21.4. The number of imidazole rings is 1. The van der Waals surface area contributed by atoms with E-state index in [-0.39, 0.29) is 23.9 Å². The number of benzene rings is 1. The predicted molar refractivity (Wildman–Crippen MR) is 115 cm³/mol. The first-order chi connectivity index (χ1) is 14.4. The Morgan fingerprint density at radius 1 is 0.967 bits per heavy atom. The van der Waals surface area contributed by atoms with E-state index in [2.05, 4.69) is 21.9 Å². The monoisotopic (exact) mass is 412 g/mol. The first-order valence-electron chi connectivity index (χ1n) is 10.2. The maximum atomic E-state index is 12.8. The summed E-state index contributed by atoms with van der Waals surface area (Å²) in [5.41, 5.74) is 1.20. The van der Waals surface area contributed by atoms with Gasteiger partial charge in [-0.25, -0.2) is 9.78 Å². The summed E-state index contributed by atoms with van der Waals surface area (Å²) in [4.78, 5) is 34.6. The first kappa shape index (κ1) is 20.5. The summed E-state index contributed by atoms with van der Waals surface area (Å²) in [7, 11) is 4.98. The number of aliphatic hydroxyl groups is 1. The smallest absolute Gasteiger partial charge is 0.332 e. The third-order valence-corrected chi connectivity index (χ3v) is 6.06. The number of rotatable bonds is 5. The fraction of sp³-hybridized carbons (Fsp3) is 0.476. The van der Waals surface area contributed by atoms with Gasteiger partial charge in [0.2, 0.25) is 0 Å². The summed E-state index contributed by atoms with van der Waals surface area (Å²) >= 11 is 0. The Balaban J connectivity index is 1.85. The normalized spacial score (nSPS) is 16.9. The molecule has 1 fully saturated rings. The van der Waals surface area contributed by atoms with Crippen molar-refractivity contribution in [3.63, 3.8) is 0 Å². The van der Waals surface area contributed by atoms with Crippen LogP contribution in [0.5, 0.6) is 0 Å². The molecule has 3 aromatic rings. The number of piperazine rings is 1. The highest BCUT2D eigenvalue weighted by Gasteiger charge is 2.31. The maximum Gasteiger partial charge on any atom is 0.332 e. The molecule has 1 N–H and O–H groups in total. The maximum absolute atomic E-state index is 12.8. The summed E-state index contributed by atoms with van der Waals surface area (Å²) in [6, 6.07) is 9.99. The second kappa shape index (κ2) is 8.17. The molecule has 4 rings (SSSR count). The standard InChI is InChI=1S/C21H28N6O3/c1-23-17-19(24(2)21(30)25(3)20(17)29)22-18(23)16(15-7-5-4-6-8-15)27-11-9-26(10-12-27)13-14-28/h4-8,16,28H,9-14H2,1-3H3. The lowest BCUT2D eigenvalue weighted by atomic mass is 10.0. The molecular formula is C21H28N6O3. The Morgan fingerprint density at radius 2 is 1.63 bits per heavy atom. The minimum Gasteiger partial charge on any atom is -0.395 e. The molecule has 9 nitrogen and oxygen atoms in total. The topological polar surface area (TPSA) is 88.5 Å². The molecule has 0 saturated carbocycles. The van der Waals surface area contributed by atoms with Crippen molar-refractivity contribution in [3.8, 4) is 0 Å². The highest BCUT2D eigenvalue weighted by atomic mass is 16.3.